The molecule has 0 bridgehead atoms. The van der Waals surface area contributed by atoms with Crippen molar-refractivity contribution in [3.8, 4) is 5.75 Å². The number of nitrogens with zero attached hydrogens (tertiary/aromatic N) is 1. The molecule has 1 N–H and O–H groups in total. The summed E-state index contributed by atoms with van der Waals surface area (Å²) in [4.78, 5) is 13.7. The molecule has 1 aliphatic heterocycles. The molecule has 0 aliphatic carbocycles. The molecule has 1 aromatic rings. The van der Waals surface area contributed by atoms with Gasteiger partial charge in [-0.2, -0.15) is 13.2 Å². The number of benzene rings is 1. The molecule has 0 spiro atoms. The van der Waals surface area contributed by atoms with E-state index in [2.05, 4.69) is 0 Å². The molecule has 158 valence electrons. The fraction of sp³-hybridized carbons (Fsp3) is 0.650. The lowest BCUT2D eigenvalue weighted by molar-refractivity contribution is -0.136. The maximum atomic E-state index is 12.1. The smallest absolute Gasteiger partial charge is 0.410 e. The van der Waals surface area contributed by atoms with Crippen molar-refractivity contribution in [1.82, 2.24) is 4.90 Å². The van der Waals surface area contributed by atoms with Crippen LogP contribution in [-0.4, -0.2) is 47.6 Å². The predicted octanol–water partition coefficient (Wildman–Crippen LogP) is 4.63. The predicted molar refractivity (Wildman–Crippen MR) is 98.2 cm³/mol. The van der Waals surface area contributed by atoms with E-state index in [9.17, 15) is 23.1 Å². The maximum absolute atomic E-state index is 12.1. The van der Waals surface area contributed by atoms with Crippen LogP contribution in [0.1, 0.15) is 52.0 Å². The second kappa shape index (κ2) is 8.59. The lowest BCUT2D eigenvalue weighted by Crippen LogP contribution is -2.46. The van der Waals surface area contributed by atoms with Gasteiger partial charge in [0.15, 0.2) is 0 Å². The van der Waals surface area contributed by atoms with E-state index in [1.807, 2.05) is 0 Å². The van der Waals surface area contributed by atoms with Crippen molar-refractivity contribution in [2.75, 3.05) is 19.7 Å². The van der Waals surface area contributed by atoms with Gasteiger partial charge in [-0.25, -0.2) is 4.79 Å². The number of halogens is 3. The van der Waals surface area contributed by atoms with Crippen LogP contribution in [-0.2, 0) is 10.3 Å². The summed E-state index contributed by atoms with van der Waals surface area (Å²) in [6.07, 6.45) is -4.80. The molecule has 0 unspecified atom stereocenters. The maximum Gasteiger partial charge on any atom is 0.410 e. The third-order valence-corrected chi connectivity index (χ3v) is 4.51. The lowest BCUT2D eigenvalue weighted by atomic mass is 9.84. The molecule has 8 heteroatoms. The fourth-order valence-corrected chi connectivity index (χ4v) is 3.00. The van der Waals surface area contributed by atoms with Gasteiger partial charge in [0.2, 0.25) is 0 Å². The molecule has 2 rings (SSSR count). The molecule has 1 heterocycles. The van der Waals surface area contributed by atoms with E-state index in [1.54, 1.807) is 49.9 Å². The summed E-state index contributed by atoms with van der Waals surface area (Å²) in [6.45, 7) is 6.14. The first-order valence-corrected chi connectivity index (χ1v) is 9.38. The summed E-state index contributed by atoms with van der Waals surface area (Å²) in [7, 11) is 0. The van der Waals surface area contributed by atoms with Crippen LogP contribution in [0.2, 0.25) is 0 Å². The third-order valence-electron chi connectivity index (χ3n) is 4.51. The standard InChI is InChI=1S/C20H28F3NO4/c1-18(2,3)28-17(25)24-12-10-19(26,11-13-24)15-5-7-16(8-6-15)27-14-4-9-20(21,22)23/h5-8,26H,4,9-14H2,1-3H3. The highest BCUT2D eigenvalue weighted by atomic mass is 19.4. The summed E-state index contributed by atoms with van der Waals surface area (Å²) >= 11 is 0. The Kier molecular flexibility index (Phi) is 6.85. The number of aliphatic hydroxyl groups is 1. The van der Waals surface area contributed by atoms with Crippen LogP contribution >= 0.6 is 0 Å². The van der Waals surface area contributed by atoms with E-state index in [0.29, 0.717) is 37.2 Å². The molecule has 1 saturated heterocycles. The van der Waals surface area contributed by atoms with Crippen molar-refractivity contribution in [2.24, 2.45) is 0 Å². The first kappa shape index (κ1) is 22.3. The number of alkyl halides is 3. The summed E-state index contributed by atoms with van der Waals surface area (Å²) < 4.78 is 47.0. The molecule has 0 atom stereocenters. The molecule has 0 saturated carbocycles. The summed E-state index contributed by atoms with van der Waals surface area (Å²) in [5.74, 6) is 0.459. The van der Waals surface area contributed by atoms with E-state index < -0.39 is 29.9 Å². The normalized spacial score (nSPS) is 17.3. The molecule has 0 radical (unpaired) electrons. The van der Waals surface area contributed by atoms with Crippen LogP contribution in [0.4, 0.5) is 18.0 Å². The monoisotopic (exact) mass is 403 g/mol. The Morgan fingerprint density at radius 1 is 1.14 bits per heavy atom. The Labute approximate surface area is 163 Å². The first-order chi connectivity index (χ1) is 12.9. The Hall–Kier alpha value is -1.96. The largest absolute Gasteiger partial charge is 0.494 e. The molecule has 1 fully saturated rings. The van der Waals surface area contributed by atoms with Crippen LogP contribution in [0.5, 0.6) is 5.75 Å². The van der Waals surface area contributed by atoms with Gasteiger partial charge in [-0.1, -0.05) is 12.1 Å². The average molecular weight is 403 g/mol. The number of hydrogen-bond acceptors (Lipinski definition) is 4. The van der Waals surface area contributed by atoms with Crippen molar-refractivity contribution in [2.45, 2.75) is 63.8 Å². The molecule has 1 amide bonds. The van der Waals surface area contributed by atoms with Crippen LogP contribution in [0.25, 0.3) is 0 Å². The summed E-state index contributed by atoms with van der Waals surface area (Å²) in [5.41, 5.74) is -0.937. The van der Waals surface area contributed by atoms with Crippen LogP contribution < -0.4 is 4.74 Å². The highest BCUT2D eigenvalue weighted by Crippen LogP contribution is 2.34. The second-order valence-corrected chi connectivity index (χ2v) is 8.09. The van der Waals surface area contributed by atoms with Gasteiger partial charge in [-0.05, 0) is 57.7 Å². The summed E-state index contributed by atoms with van der Waals surface area (Å²) in [6, 6.07) is 6.70. The Bertz CT molecular complexity index is 645. The number of likely N-dealkylation sites (tertiary alicyclic amines) is 1. The minimum absolute atomic E-state index is 0.0199. The van der Waals surface area contributed by atoms with Gasteiger partial charge in [-0.15, -0.1) is 0 Å². The second-order valence-electron chi connectivity index (χ2n) is 8.09. The topological polar surface area (TPSA) is 59.0 Å². The van der Waals surface area contributed by atoms with Crippen molar-refractivity contribution in [3.05, 3.63) is 29.8 Å². The van der Waals surface area contributed by atoms with Gasteiger partial charge >= 0.3 is 12.3 Å². The summed E-state index contributed by atoms with van der Waals surface area (Å²) in [5, 5.41) is 10.9. The molecular formula is C20H28F3NO4. The number of piperidine rings is 1. The Balaban J connectivity index is 1.86. The van der Waals surface area contributed by atoms with E-state index in [1.165, 1.54) is 0 Å². The number of amides is 1. The zero-order valence-electron chi connectivity index (χ0n) is 16.5. The van der Waals surface area contributed by atoms with Crippen LogP contribution in [0.3, 0.4) is 0 Å². The molecule has 5 nitrogen and oxygen atoms in total. The van der Waals surface area contributed by atoms with Gasteiger partial charge in [0, 0.05) is 19.5 Å². The number of carbonyl (C=O) groups excluding carboxylic acids is 1. The number of ether oxygens (including phenoxy) is 2. The van der Waals surface area contributed by atoms with Gasteiger partial charge < -0.3 is 19.5 Å². The quantitative estimate of drug-likeness (QED) is 0.729. The zero-order chi connectivity index (χ0) is 21.0. The highest BCUT2D eigenvalue weighted by Gasteiger charge is 2.36. The van der Waals surface area contributed by atoms with Crippen LogP contribution in [0, 0.1) is 0 Å². The van der Waals surface area contributed by atoms with Gasteiger partial charge in [0.05, 0.1) is 12.2 Å². The fourth-order valence-electron chi connectivity index (χ4n) is 3.00. The van der Waals surface area contributed by atoms with Crippen molar-refractivity contribution in [3.63, 3.8) is 0 Å². The molecule has 1 aromatic carbocycles. The minimum Gasteiger partial charge on any atom is -0.494 e. The first-order valence-electron chi connectivity index (χ1n) is 9.38. The Morgan fingerprint density at radius 2 is 1.71 bits per heavy atom. The molecule has 1 aliphatic rings. The van der Waals surface area contributed by atoms with E-state index >= 15 is 0 Å². The highest BCUT2D eigenvalue weighted by molar-refractivity contribution is 5.68. The van der Waals surface area contributed by atoms with Crippen LogP contribution in [0.15, 0.2) is 24.3 Å². The van der Waals surface area contributed by atoms with Crippen molar-refractivity contribution < 1.29 is 32.5 Å². The van der Waals surface area contributed by atoms with E-state index in [-0.39, 0.29) is 13.0 Å². The average Bonchev–Trinajstić information content (AvgIpc) is 2.57. The van der Waals surface area contributed by atoms with Gasteiger partial charge in [0.25, 0.3) is 0 Å². The van der Waals surface area contributed by atoms with Gasteiger partial charge in [0.1, 0.15) is 11.4 Å². The van der Waals surface area contributed by atoms with E-state index in [0.717, 1.165) is 0 Å². The van der Waals surface area contributed by atoms with Crippen molar-refractivity contribution in [1.29, 1.82) is 0 Å². The molecule has 28 heavy (non-hydrogen) atoms. The number of carbonyl (C=O) groups is 1. The molecule has 0 aromatic heterocycles. The van der Waals surface area contributed by atoms with E-state index in [4.69, 9.17) is 9.47 Å². The Morgan fingerprint density at radius 3 is 2.21 bits per heavy atom. The van der Waals surface area contributed by atoms with Crippen molar-refractivity contribution >= 4 is 6.09 Å². The lowest BCUT2D eigenvalue weighted by Gasteiger charge is -2.39. The minimum atomic E-state index is -4.18. The van der Waals surface area contributed by atoms with Gasteiger partial charge in [-0.3, -0.25) is 0 Å². The molecular weight excluding hydrogens is 375 g/mol. The number of hydrogen-bond donors (Lipinski definition) is 1. The third kappa shape index (κ3) is 6.89. The number of rotatable bonds is 5. The zero-order valence-corrected chi connectivity index (χ0v) is 16.5. The SMILES string of the molecule is CC(C)(C)OC(=O)N1CCC(O)(c2ccc(OCCCC(F)(F)F)cc2)CC1.